The fourth-order valence-electron chi connectivity index (χ4n) is 1.97. The summed E-state index contributed by atoms with van der Waals surface area (Å²) in [6.45, 7) is 0.222. The van der Waals surface area contributed by atoms with Gasteiger partial charge in [-0.25, -0.2) is 13.1 Å². The first kappa shape index (κ1) is 15.7. The third kappa shape index (κ3) is 3.41. The average molecular weight is 374 g/mol. The van der Waals surface area contributed by atoms with Gasteiger partial charge in [0.05, 0.1) is 10.4 Å². The highest BCUT2D eigenvalue weighted by atomic mass is 35.5. The molecule has 0 spiro atoms. The van der Waals surface area contributed by atoms with Gasteiger partial charge in [0.25, 0.3) is 0 Å². The Morgan fingerprint density at radius 1 is 1.32 bits per heavy atom. The molecule has 0 radical (unpaired) electrons. The summed E-state index contributed by atoms with van der Waals surface area (Å²) in [4.78, 5) is 1.04. The van der Waals surface area contributed by atoms with Crippen molar-refractivity contribution in [3.8, 4) is 0 Å². The van der Waals surface area contributed by atoms with Crippen LogP contribution in [0.15, 0.2) is 52.3 Å². The lowest BCUT2D eigenvalue weighted by Crippen LogP contribution is -2.30. The van der Waals surface area contributed by atoms with E-state index in [2.05, 4.69) is 9.82 Å². The standard InChI is InChI=1S/C13H12ClN3O2S3/c14-12-4-5-13(21-12)22(18,19)16-9-10(11-3-1-8-20-11)17-7-2-6-15-17/h1-8,10,16H,9H2. The van der Waals surface area contributed by atoms with E-state index in [9.17, 15) is 8.42 Å². The topological polar surface area (TPSA) is 64.0 Å². The molecule has 116 valence electrons. The second-order valence-electron chi connectivity index (χ2n) is 4.43. The van der Waals surface area contributed by atoms with Crippen molar-refractivity contribution in [3.63, 3.8) is 0 Å². The maximum Gasteiger partial charge on any atom is 0.250 e. The predicted molar refractivity (Wildman–Crippen MR) is 89.2 cm³/mol. The van der Waals surface area contributed by atoms with Crippen LogP contribution in [0.25, 0.3) is 0 Å². The van der Waals surface area contributed by atoms with Crippen molar-refractivity contribution in [2.24, 2.45) is 0 Å². The SMILES string of the molecule is O=S(=O)(NCC(c1cccs1)n1cccn1)c1ccc(Cl)s1. The molecule has 0 bridgehead atoms. The monoisotopic (exact) mass is 373 g/mol. The van der Waals surface area contributed by atoms with Gasteiger partial charge >= 0.3 is 0 Å². The molecule has 0 aromatic carbocycles. The van der Waals surface area contributed by atoms with Gasteiger partial charge in [-0.05, 0) is 29.6 Å². The molecule has 9 heteroatoms. The van der Waals surface area contributed by atoms with Crippen LogP contribution in [0.1, 0.15) is 10.9 Å². The van der Waals surface area contributed by atoms with E-state index in [1.807, 2.05) is 29.8 Å². The molecule has 1 N–H and O–H groups in total. The van der Waals surface area contributed by atoms with Gasteiger partial charge in [0, 0.05) is 23.8 Å². The van der Waals surface area contributed by atoms with Crippen LogP contribution in [0.5, 0.6) is 0 Å². The van der Waals surface area contributed by atoms with E-state index in [1.54, 1.807) is 28.3 Å². The number of halogens is 1. The molecular formula is C13H12ClN3O2S3. The fraction of sp³-hybridized carbons (Fsp3) is 0.154. The molecule has 3 heterocycles. The highest BCUT2D eigenvalue weighted by Crippen LogP contribution is 2.26. The van der Waals surface area contributed by atoms with Crippen molar-refractivity contribution >= 4 is 44.3 Å². The minimum absolute atomic E-state index is 0.180. The third-order valence-corrected chi connectivity index (χ3v) is 7.12. The summed E-state index contributed by atoms with van der Waals surface area (Å²) in [7, 11) is -3.57. The molecular weight excluding hydrogens is 362 g/mol. The minimum Gasteiger partial charge on any atom is -0.263 e. The van der Waals surface area contributed by atoms with E-state index in [0.29, 0.717) is 4.34 Å². The van der Waals surface area contributed by atoms with Crippen LogP contribution in [0.4, 0.5) is 0 Å². The molecule has 0 saturated heterocycles. The van der Waals surface area contributed by atoms with Crippen LogP contribution in [0, 0.1) is 0 Å². The Kier molecular flexibility index (Phi) is 4.65. The molecule has 0 fully saturated rings. The third-order valence-electron chi connectivity index (χ3n) is 3.00. The van der Waals surface area contributed by atoms with Gasteiger partial charge in [-0.2, -0.15) is 5.10 Å². The zero-order chi connectivity index (χ0) is 15.6. The first-order valence-electron chi connectivity index (χ1n) is 6.34. The molecule has 3 aromatic heterocycles. The zero-order valence-corrected chi connectivity index (χ0v) is 14.4. The maximum atomic E-state index is 12.3. The zero-order valence-electron chi connectivity index (χ0n) is 11.2. The quantitative estimate of drug-likeness (QED) is 0.721. The van der Waals surface area contributed by atoms with E-state index in [-0.39, 0.29) is 16.8 Å². The molecule has 0 aliphatic heterocycles. The van der Waals surface area contributed by atoms with E-state index in [4.69, 9.17) is 11.6 Å². The van der Waals surface area contributed by atoms with Gasteiger partial charge in [0.2, 0.25) is 10.0 Å². The summed E-state index contributed by atoms with van der Waals surface area (Å²) in [5.74, 6) is 0. The van der Waals surface area contributed by atoms with Crippen molar-refractivity contribution in [1.82, 2.24) is 14.5 Å². The highest BCUT2D eigenvalue weighted by Gasteiger charge is 2.21. The molecule has 5 nitrogen and oxygen atoms in total. The summed E-state index contributed by atoms with van der Waals surface area (Å²) in [5, 5.41) is 6.18. The first-order valence-corrected chi connectivity index (χ1v) is 9.89. The van der Waals surface area contributed by atoms with E-state index in [0.717, 1.165) is 16.2 Å². The largest absolute Gasteiger partial charge is 0.263 e. The fourth-order valence-corrected chi connectivity index (χ4v) is 5.36. The lowest BCUT2D eigenvalue weighted by atomic mass is 10.2. The van der Waals surface area contributed by atoms with Crippen molar-refractivity contribution in [1.29, 1.82) is 0 Å². The maximum absolute atomic E-state index is 12.3. The van der Waals surface area contributed by atoms with Crippen LogP contribution in [0.2, 0.25) is 4.34 Å². The molecule has 3 aromatic rings. The predicted octanol–water partition coefficient (Wildman–Crippen LogP) is 3.23. The van der Waals surface area contributed by atoms with Crippen LogP contribution in [0.3, 0.4) is 0 Å². The number of hydrogen-bond donors (Lipinski definition) is 1. The molecule has 0 aliphatic carbocycles. The number of sulfonamides is 1. The van der Waals surface area contributed by atoms with Gasteiger partial charge < -0.3 is 0 Å². The molecule has 1 atom stereocenters. The van der Waals surface area contributed by atoms with Crippen LogP contribution >= 0.6 is 34.3 Å². The van der Waals surface area contributed by atoms with Crippen molar-refractivity contribution in [2.75, 3.05) is 6.54 Å². The Bertz CT molecular complexity index is 792. The van der Waals surface area contributed by atoms with Gasteiger partial charge in [-0.1, -0.05) is 17.7 Å². The molecule has 3 rings (SSSR count). The minimum atomic E-state index is -3.57. The average Bonchev–Trinajstić information content (AvgIpc) is 3.20. The lowest BCUT2D eigenvalue weighted by Gasteiger charge is -2.16. The molecule has 0 aliphatic rings. The van der Waals surface area contributed by atoms with Gasteiger partial charge in [0.1, 0.15) is 4.21 Å². The van der Waals surface area contributed by atoms with E-state index in [1.165, 1.54) is 6.07 Å². The summed E-state index contributed by atoms with van der Waals surface area (Å²) in [5.41, 5.74) is 0. The summed E-state index contributed by atoms with van der Waals surface area (Å²) in [6.07, 6.45) is 3.49. The lowest BCUT2D eigenvalue weighted by molar-refractivity contribution is 0.512. The van der Waals surface area contributed by atoms with Crippen LogP contribution < -0.4 is 4.72 Å². The Morgan fingerprint density at radius 2 is 2.18 bits per heavy atom. The Balaban J connectivity index is 1.80. The van der Waals surface area contributed by atoms with Crippen LogP contribution in [-0.4, -0.2) is 24.7 Å². The van der Waals surface area contributed by atoms with E-state index < -0.39 is 10.0 Å². The number of thiophene rings is 2. The Labute approximate surface area is 141 Å². The number of rotatable bonds is 6. The number of aromatic nitrogens is 2. The molecule has 0 saturated carbocycles. The number of nitrogens with zero attached hydrogens (tertiary/aromatic N) is 2. The summed E-state index contributed by atoms with van der Waals surface area (Å²) < 4.78 is 29.6. The normalized spacial score (nSPS) is 13.3. The molecule has 1 unspecified atom stereocenters. The van der Waals surface area contributed by atoms with Gasteiger partial charge in [-0.15, -0.1) is 22.7 Å². The summed E-state index contributed by atoms with van der Waals surface area (Å²) in [6, 6.07) is 8.61. The molecule has 22 heavy (non-hydrogen) atoms. The smallest absolute Gasteiger partial charge is 0.250 e. The van der Waals surface area contributed by atoms with Gasteiger partial charge in [0.15, 0.2) is 0 Å². The van der Waals surface area contributed by atoms with Crippen molar-refractivity contribution in [2.45, 2.75) is 10.3 Å². The second kappa shape index (κ2) is 6.51. The molecule has 0 amide bonds. The van der Waals surface area contributed by atoms with Crippen LogP contribution in [-0.2, 0) is 10.0 Å². The summed E-state index contributed by atoms with van der Waals surface area (Å²) >= 11 is 8.41. The van der Waals surface area contributed by atoms with Gasteiger partial charge in [-0.3, -0.25) is 4.68 Å². The van der Waals surface area contributed by atoms with Crippen molar-refractivity contribution in [3.05, 3.63) is 57.3 Å². The number of hydrogen-bond acceptors (Lipinski definition) is 5. The highest BCUT2D eigenvalue weighted by molar-refractivity contribution is 7.91. The second-order valence-corrected chi connectivity index (χ2v) is 9.12. The van der Waals surface area contributed by atoms with E-state index >= 15 is 0 Å². The Morgan fingerprint density at radius 3 is 2.77 bits per heavy atom. The first-order chi connectivity index (χ1) is 10.6. The Hall–Kier alpha value is -1.19. The van der Waals surface area contributed by atoms with Crippen molar-refractivity contribution < 1.29 is 8.42 Å². The number of nitrogens with one attached hydrogen (secondary N) is 1.